The first-order valence-electron chi connectivity index (χ1n) is 8.16. The second-order valence-corrected chi connectivity index (χ2v) is 6.46. The first-order chi connectivity index (χ1) is 9.06. The summed E-state index contributed by atoms with van der Waals surface area (Å²) in [6.07, 6.45) is 5.28. The molecule has 0 aliphatic carbocycles. The monoisotopic (exact) mass is 269 g/mol. The SMILES string of the molecule is CCNCC(CC)(CC)CN(C)CC1CCCN1C. The van der Waals surface area contributed by atoms with Gasteiger partial charge in [0.2, 0.25) is 0 Å². The summed E-state index contributed by atoms with van der Waals surface area (Å²) < 4.78 is 0. The third kappa shape index (κ3) is 5.05. The van der Waals surface area contributed by atoms with E-state index in [4.69, 9.17) is 0 Å². The summed E-state index contributed by atoms with van der Waals surface area (Å²) in [7, 11) is 4.58. The fourth-order valence-electron chi connectivity index (χ4n) is 3.38. The molecule has 1 saturated heterocycles. The van der Waals surface area contributed by atoms with Crippen LogP contribution >= 0.6 is 0 Å². The molecular weight excluding hydrogens is 234 g/mol. The van der Waals surface area contributed by atoms with E-state index in [9.17, 15) is 0 Å². The number of hydrogen-bond donors (Lipinski definition) is 1. The van der Waals surface area contributed by atoms with Crippen LogP contribution in [0.1, 0.15) is 46.5 Å². The van der Waals surface area contributed by atoms with Crippen LogP contribution < -0.4 is 5.32 Å². The molecule has 1 atom stereocenters. The topological polar surface area (TPSA) is 18.5 Å². The van der Waals surface area contributed by atoms with Gasteiger partial charge in [-0.05, 0) is 58.3 Å². The standard InChI is InChI=1S/C16H35N3/c1-6-16(7-2,13-17-8-3)14-18(4)12-15-10-9-11-19(15)5/h15,17H,6-14H2,1-5H3. The van der Waals surface area contributed by atoms with E-state index in [-0.39, 0.29) is 0 Å². The quantitative estimate of drug-likeness (QED) is 0.693. The lowest BCUT2D eigenvalue weighted by atomic mass is 9.81. The lowest BCUT2D eigenvalue weighted by Gasteiger charge is -2.37. The highest BCUT2D eigenvalue weighted by Gasteiger charge is 2.29. The van der Waals surface area contributed by atoms with E-state index in [1.165, 1.54) is 45.3 Å². The molecule has 1 heterocycles. The molecule has 0 amide bonds. The van der Waals surface area contributed by atoms with Gasteiger partial charge in [0.25, 0.3) is 0 Å². The van der Waals surface area contributed by atoms with Crippen molar-refractivity contribution < 1.29 is 0 Å². The molecule has 1 unspecified atom stereocenters. The van der Waals surface area contributed by atoms with Crippen molar-refractivity contribution >= 4 is 0 Å². The fraction of sp³-hybridized carbons (Fsp3) is 1.00. The van der Waals surface area contributed by atoms with Crippen molar-refractivity contribution in [1.82, 2.24) is 15.1 Å². The zero-order valence-electron chi connectivity index (χ0n) is 13.8. The Hall–Kier alpha value is -0.120. The largest absolute Gasteiger partial charge is 0.316 e. The zero-order valence-corrected chi connectivity index (χ0v) is 13.8. The first kappa shape index (κ1) is 16.9. The number of nitrogens with zero attached hydrogens (tertiary/aromatic N) is 2. The van der Waals surface area contributed by atoms with Gasteiger partial charge in [-0.1, -0.05) is 20.8 Å². The van der Waals surface area contributed by atoms with Crippen LogP contribution in [0.5, 0.6) is 0 Å². The molecule has 0 bridgehead atoms. The lowest BCUT2D eigenvalue weighted by Crippen LogP contribution is -2.45. The number of nitrogens with one attached hydrogen (secondary N) is 1. The normalized spacial score (nSPS) is 21.5. The molecule has 1 N–H and O–H groups in total. The minimum atomic E-state index is 0.446. The van der Waals surface area contributed by atoms with Crippen molar-refractivity contribution in [1.29, 1.82) is 0 Å². The average molecular weight is 269 g/mol. The lowest BCUT2D eigenvalue weighted by molar-refractivity contribution is 0.132. The Bertz CT molecular complexity index is 238. The number of likely N-dealkylation sites (tertiary alicyclic amines) is 1. The minimum Gasteiger partial charge on any atom is -0.316 e. The van der Waals surface area contributed by atoms with Crippen LogP contribution in [0.25, 0.3) is 0 Å². The summed E-state index contributed by atoms with van der Waals surface area (Å²) in [6.45, 7) is 12.8. The Morgan fingerprint density at radius 1 is 1.26 bits per heavy atom. The Kier molecular flexibility index (Phi) is 7.33. The Labute approximate surface area is 120 Å². The van der Waals surface area contributed by atoms with E-state index >= 15 is 0 Å². The summed E-state index contributed by atoms with van der Waals surface area (Å²) in [5, 5.41) is 3.56. The molecule has 1 fully saturated rings. The summed E-state index contributed by atoms with van der Waals surface area (Å²) in [5.74, 6) is 0. The Morgan fingerprint density at radius 3 is 2.42 bits per heavy atom. The van der Waals surface area contributed by atoms with Crippen LogP contribution in [0, 0.1) is 5.41 Å². The van der Waals surface area contributed by atoms with Crippen LogP contribution in [0.3, 0.4) is 0 Å². The second-order valence-electron chi connectivity index (χ2n) is 6.46. The molecular formula is C16H35N3. The summed E-state index contributed by atoms with van der Waals surface area (Å²) in [6, 6.07) is 0.774. The van der Waals surface area contributed by atoms with Gasteiger partial charge in [0.15, 0.2) is 0 Å². The summed E-state index contributed by atoms with van der Waals surface area (Å²) in [4.78, 5) is 5.09. The molecule has 0 aromatic carbocycles. The Morgan fingerprint density at radius 2 is 1.95 bits per heavy atom. The van der Waals surface area contributed by atoms with E-state index in [2.05, 4.69) is 50.0 Å². The van der Waals surface area contributed by atoms with Crippen molar-refractivity contribution in [3.8, 4) is 0 Å². The molecule has 0 saturated carbocycles. The van der Waals surface area contributed by atoms with Gasteiger partial charge in [0, 0.05) is 25.7 Å². The number of rotatable bonds is 9. The van der Waals surface area contributed by atoms with Crippen molar-refractivity contribution in [2.75, 3.05) is 46.8 Å². The molecule has 114 valence electrons. The van der Waals surface area contributed by atoms with Crippen LogP contribution in [0.4, 0.5) is 0 Å². The number of hydrogen-bond acceptors (Lipinski definition) is 3. The van der Waals surface area contributed by atoms with E-state index in [0.717, 1.165) is 19.1 Å². The maximum absolute atomic E-state index is 3.56. The molecule has 1 aliphatic rings. The Balaban J connectivity index is 2.47. The third-order valence-electron chi connectivity index (χ3n) is 5.05. The summed E-state index contributed by atoms with van der Waals surface area (Å²) in [5.41, 5.74) is 0.446. The minimum absolute atomic E-state index is 0.446. The second kappa shape index (κ2) is 8.23. The van der Waals surface area contributed by atoms with Crippen molar-refractivity contribution in [2.45, 2.75) is 52.5 Å². The van der Waals surface area contributed by atoms with Gasteiger partial charge in [0.1, 0.15) is 0 Å². The predicted molar refractivity (Wildman–Crippen MR) is 84.7 cm³/mol. The smallest absolute Gasteiger partial charge is 0.0220 e. The van der Waals surface area contributed by atoms with Crippen LogP contribution in [0.15, 0.2) is 0 Å². The van der Waals surface area contributed by atoms with Gasteiger partial charge < -0.3 is 15.1 Å². The molecule has 19 heavy (non-hydrogen) atoms. The molecule has 3 nitrogen and oxygen atoms in total. The van der Waals surface area contributed by atoms with E-state index in [1.54, 1.807) is 0 Å². The third-order valence-corrected chi connectivity index (χ3v) is 5.05. The number of likely N-dealkylation sites (N-methyl/N-ethyl adjacent to an activating group) is 2. The molecule has 3 heteroatoms. The molecule has 0 aromatic rings. The molecule has 1 rings (SSSR count). The van der Waals surface area contributed by atoms with Crippen LogP contribution in [-0.2, 0) is 0 Å². The van der Waals surface area contributed by atoms with Gasteiger partial charge in [0.05, 0.1) is 0 Å². The highest BCUT2D eigenvalue weighted by atomic mass is 15.2. The van der Waals surface area contributed by atoms with Gasteiger partial charge >= 0.3 is 0 Å². The zero-order chi connectivity index (χ0) is 14.3. The molecule has 0 aromatic heterocycles. The highest BCUT2D eigenvalue weighted by molar-refractivity contribution is 4.85. The van der Waals surface area contributed by atoms with E-state index < -0.39 is 0 Å². The highest BCUT2D eigenvalue weighted by Crippen LogP contribution is 2.27. The molecule has 0 radical (unpaired) electrons. The van der Waals surface area contributed by atoms with E-state index in [0.29, 0.717) is 5.41 Å². The van der Waals surface area contributed by atoms with Crippen LogP contribution in [-0.4, -0.2) is 62.7 Å². The predicted octanol–water partition coefficient (Wildman–Crippen LogP) is 2.43. The van der Waals surface area contributed by atoms with Gasteiger partial charge in [-0.15, -0.1) is 0 Å². The van der Waals surface area contributed by atoms with Crippen molar-refractivity contribution in [3.63, 3.8) is 0 Å². The van der Waals surface area contributed by atoms with Gasteiger partial charge in [-0.3, -0.25) is 0 Å². The van der Waals surface area contributed by atoms with Crippen molar-refractivity contribution in [2.24, 2.45) is 5.41 Å². The maximum Gasteiger partial charge on any atom is 0.0220 e. The molecule has 0 spiro atoms. The van der Waals surface area contributed by atoms with Gasteiger partial charge in [-0.25, -0.2) is 0 Å². The van der Waals surface area contributed by atoms with Crippen LogP contribution in [0.2, 0.25) is 0 Å². The maximum atomic E-state index is 3.56. The van der Waals surface area contributed by atoms with E-state index in [1.807, 2.05) is 0 Å². The summed E-state index contributed by atoms with van der Waals surface area (Å²) >= 11 is 0. The van der Waals surface area contributed by atoms with Crippen molar-refractivity contribution in [3.05, 3.63) is 0 Å². The first-order valence-corrected chi connectivity index (χ1v) is 8.16. The van der Waals surface area contributed by atoms with Gasteiger partial charge in [-0.2, -0.15) is 0 Å². The fourth-order valence-corrected chi connectivity index (χ4v) is 3.38. The molecule has 1 aliphatic heterocycles. The average Bonchev–Trinajstić information content (AvgIpc) is 2.80.